The second-order valence-corrected chi connectivity index (χ2v) is 3.07. The molecule has 0 aliphatic carbocycles. The monoisotopic (exact) mass is 186 g/mol. The molecule has 0 aliphatic rings. The van der Waals surface area contributed by atoms with Gasteiger partial charge < -0.3 is 0 Å². The lowest BCUT2D eigenvalue weighted by atomic mass is 10.3. The number of nitrogens with zero attached hydrogens (tertiary/aromatic N) is 1. The number of H-pyrrole nitrogens is 1. The molecule has 56 valence electrons. The summed E-state index contributed by atoms with van der Waals surface area (Å²) < 4.78 is 0. The van der Waals surface area contributed by atoms with Crippen molar-refractivity contribution in [3.8, 4) is 0 Å². The van der Waals surface area contributed by atoms with E-state index in [-0.39, 0.29) is 0 Å². The van der Waals surface area contributed by atoms with E-state index in [1.54, 1.807) is 12.3 Å². The maximum atomic E-state index is 5.85. The van der Waals surface area contributed by atoms with Crippen LogP contribution < -0.4 is 0 Å². The van der Waals surface area contributed by atoms with E-state index in [4.69, 9.17) is 23.2 Å². The van der Waals surface area contributed by atoms with Gasteiger partial charge in [0.1, 0.15) is 0 Å². The molecular formula is C7H4Cl2N2. The third-order valence-electron chi connectivity index (χ3n) is 1.47. The Bertz CT molecular complexity index is 394. The molecule has 0 radical (unpaired) electrons. The van der Waals surface area contributed by atoms with E-state index in [0.29, 0.717) is 10.0 Å². The van der Waals surface area contributed by atoms with Crippen LogP contribution in [-0.4, -0.2) is 10.2 Å². The minimum Gasteiger partial charge on any atom is -0.276 e. The molecule has 1 aromatic heterocycles. The van der Waals surface area contributed by atoms with E-state index in [0.717, 1.165) is 10.9 Å². The molecule has 2 aromatic rings. The van der Waals surface area contributed by atoms with Crippen LogP contribution in [-0.2, 0) is 0 Å². The van der Waals surface area contributed by atoms with Crippen molar-refractivity contribution in [2.75, 3.05) is 0 Å². The molecule has 0 amide bonds. The smallest absolute Gasteiger partial charge is 0.0837 e. The predicted octanol–water partition coefficient (Wildman–Crippen LogP) is 2.87. The number of rotatable bonds is 0. The minimum absolute atomic E-state index is 0.602. The summed E-state index contributed by atoms with van der Waals surface area (Å²) >= 11 is 11.6. The van der Waals surface area contributed by atoms with Crippen molar-refractivity contribution in [1.29, 1.82) is 0 Å². The van der Waals surface area contributed by atoms with Gasteiger partial charge in [-0.3, -0.25) is 5.10 Å². The fourth-order valence-electron chi connectivity index (χ4n) is 0.980. The van der Waals surface area contributed by atoms with Crippen LogP contribution >= 0.6 is 23.2 Å². The van der Waals surface area contributed by atoms with Gasteiger partial charge in [0, 0.05) is 10.4 Å². The summed E-state index contributed by atoms with van der Waals surface area (Å²) in [6.45, 7) is 0. The van der Waals surface area contributed by atoms with Crippen LogP contribution in [0.25, 0.3) is 10.9 Å². The van der Waals surface area contributed by atoms with Crippen LogP contribution in [0.2, 0.25) is 10.0 Å². The van der Waals surface area contributed by atoms with Crippen LogP contribution in [0, 0.1) is 0 Å². The summed E-state index contributed by atoms with van der Waals surface area (Å²) in [5.41, 5.74) is 0.830. The van der Waals surface area contributed by atoms with E-state index in [2.05, 4.69) is 10.2 Å². The molecule has 4 heteroatoms. The molecule has 0 spiro atoms. The summed E-state index contributed by atoms with van der Waals surface area (Å²) in [6, 6.07) is 3.50. The lowest BCUT2D eigenvalue weighted by Crippen LogP contribution is -1.71. The average molecular weight is 187 g/mol. The van der Waals surface area contributed by atoms with Gasteiger partial charge in [-0.1, -0.05) is 23.2 Å². The maximum absolute atomic E-state index is 5.85. The largest absolute Gasteiger partial charge is 0.276 e. The van der Waals surface area contributed by atoms with Gasteiger partial charge in [-0.25, -0.2) is 0 Å². The first-order valence-electron chi connectivity index (χ1n) is 3.05. The SMILES string of the molecule is Clc1cc(Cl)c2[nH]ncc2c1. The Balaban J connectivity index is 2.91. The van der Waals surface area contributed by atoms with Crippen LogP contribution in [0.5, 0.6) is 0 Å². The molecule has 0 saturated carbocycles. The zero-order chi connectivity index (χ0) is 7.84. The van der Waals surface area contributed by atoms with Gasteiger partial charge in [0.05, 0.1) is 16.7 Å². The zero-order valence-electron chi connectivity index (χ0n) is 5.44. The third kappa shape index (κ3) is 1.08. The van der Waals surface area contributed by atoms with Crippen LogP contribution in [0.4, 0.5) is 0 Å². The predicted molar refractivity (Wildman–Crippen MR) is 46.1 cm³/mol. The maximum Gasteiger partial charge on any atom is 0.0837 e. The molecular weight excluding hydrogens is 183 g/mol. The quantitative estimate of drug-likeness (QED) is 0.674. The van der Waals surface area contributed by atoms with Crippen molar-refractivity contribution in [1.82, 2.24) is 10.2 Å². The first kappa shape index (κ1) is 6.95. The van der Waals surface area contributed by atoms with Gasteiger partial charge >= 0.3 is 0 Å². The molecule has 0 atom stereocenters. The summed E-state index contributed by atoms with van der Waals surface area (Å²) in [5, 5.41) is 8.77. The van der Waals surface area contributed by atoms with Crippen molar-refractivity contribution >= 4 is 34.1 Å². The van der Waals surface area contributed by atoms with Crippen LogP contribution in [0.3, 0.4) is 0 Å². The van der Waals surface area contributed by atoms with Crippen LogP contribution in [0.1, 0.15) is 0 Å². The zero-order valence-corrected chi connectivity index (χ0v) is 6.95. The Morgan fingerprint density at radius 1 is 1.27 bits per heavy atom. The molecule has 1 aromatic carbocycles. The highest BCUT2D eigenvalue weighted by Gasteiger charge is 2.01. The highest BCUT2D eigenvalue weighted by molar-refractivity contribution is 6.38. The highest BCUT2D eigenvalue weighted by atomic mass is 35.5. The van der Waals surface area contributed by atoms with E-state index in [1.165, 1.54) is 0 Å². The standard InChI is InChI=1S/C7H4Cl2N2/c8-5-1-4-3-10-11-7(4)6(9)2-5/h1-3H,(H,10,11). The first-order valence-corrected chi connectivity index (χ1v) is 3.81. The molecule has 2 nitrogen and oxygen atoms in total. The van der Waals surface area contributed by atoms with E-state index < -0.39 is 0 Å². The van der Waals surface area contributed by atoms with Crippen molar-refractivity contribution in [3.05, 3.63) is 28.4 Å². The molecule has 0 aliphatic heterocycles. The number of aromatic nitrogens is 2. The first-order chi connectivity index (χ1) is 5.27. The molecule has 0 saturated heterocycles. The number of hydrogen-bond acceptors (Lipinski definition) is 1. The normalized spacial score (nSPS) is 10.7. The molecule has 1 N–H and O–H groups in total. The lowest BCUT2D eigenvalue weighted by Gasteiger charge is -1.93. The molecule has 0 fully saturated rings. The Labute approximate surface area is 73.1 Å². The highest BCUT2D eigenvalue weighted by Crippen LogP contribution is 2.25. The molecule has 1 heterocycles. The lowest BCUT2D eigenvalue weighted by molar-refractivity contribution is 1.12. The Morgan fingerprint density at radius 2 is 2.09 bits per heavy atom. The van der Waals surface area contributed by atoms with Crippen molar-refractivity contribution < 1.29 is 0 Å². The number of benzene rings is 1. The fraction of sp³-hybridized carbons (Fsp3) is 0. The second kappa shape index (κ2) is 2.40. The number of hydrogen-bond donors (Lipinski definition) is 1. The summed E-state index contributed by atoms with van der Waals surface area (Å²) in [6.07, 6.45) is 1.69. The number of halogens is 2. The van der Waals surface area contributed by atoms with Crippen molar-refractivity contribution in [3.63, 3.8) is 0 Å². The molecule has 2 rings (SSSR count). The Hall–Kier alpha value is -0.730. The van der Waals surface area contributed by atoms with E-state index in [1.807, 2.05) is 6.07 Å². The Kier molecular flexibility index (Phi) is 1.51. The van der Waals surface area contributed by atoms with Crippen LogP contribution in [0.15, 0.2) is 18.3 Å². The summed E-state index contributed by atoms with van der Waals surface area (Å²) in [4.78, 5) is 0. The third-order valence-corrected chi connectivity index (χ3v) is 1.98. The van der Waals surface area contributed by atoms with Gasteiger partial charge in [0.2, 0.25) is 0 Å². The number of nitrogens with one attached hydrogen (secondary N) is 1. The topological polar surface area (TPSA) is 28.7 Å². The fourth-order valence-corrected chi connectivity index (χ4v) is 1.53. The average Bonchev–Trinajstić information content (AvgIpc) is 2.34. The number of fused-ring (bicyclic) bond motifs is 1. The number of aromatic amines is 1. The van der Waals surface area contributed by atoms with Gasteiger partial charge in [-0.05, 0) is 12.1 Å². The van der Waals surface area contributed by atoms with Gasteiger partial charge in [-0.2, -0.15) is 5.10 Å². The van der Waals surface area contributed by atoms with Gasteiger partial charge in [0.25, 0.3) is 0 Å². The molecule has 0 bridgehead atoms. The van der Waals surface area contributed by atoms with E-state index in [9.17, 15) is 0 Å². The van der Waals surface area contributed by atoms with Gasteiger partial charge in [0.15, 0.2) is 0 Å². The second-order valence-electron chi connectivity index (χ2n) is 2.22. The molecule has 11 heavy (non-hydrogen) atoms. The van der Waals surface area contributed by atoms with E-state index >= 15 is 0 Å². The summed E-state index contributed by atoms with van der Waals surface area (Å²) in [7, 11) is 0. The van der Waals surface area contributed by atoms with Crippen molar-refractivity contribution in [2.24, 2.45) is 0 Å². The van der Waals surface area contributed by atoms with Crippen molar-refractivity contribution in [2.45, 2.75) is 0 Å². The minimum atomic E-state index is 0.602. The van der Waals surface area contributed by atoms with Gasteiger partial charge in [-0.15, -0.1) is 0 Å². The molecule has 0 unspecified atom stereocenters. The summed E-state index contributed by atoms with van der Waals surface area (Å²) in [5.74, 6) is 0. The Morgan fingerprint density at radius 3 is 2.91 bits per heavy atom.